The molecule has 0 bridgehead atoms. The zero-order valence-electron chi connectivity index (χ0n) is 14.0. The minimum absolute atomic E-state index is 0.675. The Kier molecular flexibility index (Phi) is 5.02. The Labute approximate surface area is 138 Å². The van der Waals surface area contributed by atoms with Crippen LogP contribution in [0.15, 0.2) is 36.4 Å². The Hall–Kier alpha value is -2.22. The molecule has 1 aliphatic rings. The Balaban J connectivity index is 2.03. The summed E-state index contributed by atoms with van der Waals surface area (Å²) in [5, 5.41) is 0. The number of benzene rings is 2. The summed E-state index contributed by atoms with van der Waals surface area (Å²) in [7, 11) is 0. The van der Waals surface area contributed by atoms with Crippen LogP contribution in [0, 0.1) is 0 Å². The molecule has 3 rings (SSSR count). The highest BCUT2D eigenvalue weighted by Gasteiger charge is 2.07. The molecule has 2 aromatic rings. The van der Waals surface area contributed by atoms with Crippen molar-refractivity contribution in [1.29, 1.82) is 0 Å². The smallest absolute Gasteiger partial charge is 0.126 e. The lowest BCUT2D eigenvalue weighted by molar-refractivity contribution is 0.247. The highest BCUT2D eigenvalue weighted by atomic mass is 16.5. The summed E-state index contributed by atoms with van der Waals surface area (Å²) in [4.78, 5) is 0. The van der Waals surface area contributed by atoms with E-state index in [2.05, 4.69) is 62.4 Å². The van der Waals surface area contributed by atoms with Crippen LogP contribution in [0.25, 0.3) is 12.2 Å². The normalized spacial score (nSPS) is 15.4. The van der Waals surface area contributed by atoms with Crippen LogP contribution in [0.2, 0.25) is 0 Å². The number of rotatable bonds is 2. The van der Waals surface area contributed by atoms with Crippen LogP contribution in [-0.2, 0) is 12.8 Å². The summed E-state index contributed by atoms with van der Waals surface area (Å²) >= 11 is 0. The van der Waals surface area contributed by atoms with E-state index in [1.165, 1.54) is 11.1 Å². The average molecular weight is 308 g/mol. The van der Waals surface area contributed by atoms with Gasteiger partial charge < -0.3 is 9.47 Å². The molecule has 2 nitrogen and oxygen atoms in total. The monoisotopic (exact) mass is 308 g/mol. The summed E-state index contributed by atoms with van der Waals surface area (Å²) in [6.45, 7) is 5.70. The zero-order chi connectivity index (χ0) is 16.1. The third-order valence-corrected chi connectivity index (χ3v) is 4.21. The van der Waals surface area contributed by atoms with Gasteiger partial charge in [0.25, 0.3) is 0 Å². The SMILES string of the molecule is CCc1ccc2c(c1)/C=C\c1cc(CC)ccc1OCCCO2. The van der Waals surface area contributed by atoms with E-state index in [0.29, 0.717) is 13.2 Å². The molecule has 120 valence electrons. The molecular weight excluding hydrogens is 284 g/mol. The summed E-state index contributed by atoms with van der Waals surface area (Å²) in [5.41, 5.74) is 4.93. The van der Waals surface area contributed by atoms with Crippen LogP contribution in [0.1, 0.15) is 42.5 Å². The van der Waals surface area contributed by atoms with Crippen LogP contribution < -0.4 is 9.47 Å². The summed E-state index contributed by atoms with van der Waals surface area (Å²) in [6.07, 6.45) is 7.22. The van der Waals surface area contributed by atoms with Crippen molar-refractivity contribution in [1.82, 2.24) is 0 Å². The molecule has 0 radical (unpaired) electrons. The molecule has 0 aromatic heterocycles. The van der Waals surface area contributed by atoms with Crippen molar-refractivity contribution >= 4 is 12.2 Å². The van der Waals surface area contributed by atoms with E-state index in [1.807, 2.05) is 0 Å². The number of fused-ring (bicyclic) bond motifs is 2. The molecule has 0 saturated carbocycles. The van der Waals surface area contributed by atoms with Crippen molar-refractivity contribution in [3.05, 3.63) is 58.7 Å². The number of ether oxygens (including phenoxy) is 2. The molecular formula is C21H24O2. The standard InChI is InChI=1S/C21H24O2/c1-3-16-6-10-20-18(14-16)8-9-19-15-17(4-2)7-11-21(19)23-13-5-12-22-20/h6-11,14-15H,3-5,12-13H2,1-2H3/b9-8-. The lowest BCUT2D eigenvalue weighted by Gasteiger charge is -2.11. The van der Waals surface area contributed by atoms with Crippen molar-refractivity contribution in [3.8, 4) is 11.5 Å². The van der Waals surface area contributed by atoms with Crippen molar-refractivity contribution in [2.45, 2.75) is 33.1 Å². The van der Waals surface area contributed by atoms with Crippen LogP contribution in [0.5, 0.6) is 11.5 Å². The van der Waals surface area contributed by atoms with Crippen LogP contribution >= 0.6 is 0 Å². The van der Waals surface area contributed by atoms with Gasteiger partial charge in [0.2, 0.25) is 0 Å². The number of hydrogen-bond donors (Lipinski definition) is 0. The largest absolute Gasteiger partial charge is 0.493 e. The molecule has 2 aromatic carbocycles. The first-order chi connectivity index (χ1) is 11.3. The Bertz CT molecular complexity index is 641. The van der Waals surface area contributed by atoms with Gasteiger partial charge in [-0.05, 0) is 48.2 Å². The molecule has 1 aliphatic heterocycles. The van der Waals surface area contributed by atoms with E-state index in [9.17, 15) is 0 Å². The zero-order valence-corrected chi connectivity index (χ0v) is 14.0. The van der Waals surface area contributed by atoms with Gasteiger partial charge in [0.1, 0.15) is 11.5 Å². The first kappa shape index (κ1) is 15.7. The van der Waals surface area contributed by atoms with E-state index in [1.54, 1.807) is 0 Å². The number of aryl methyl sites for hydroxylation is 2. The molecule has 0 N–H and O–H groups in total. The fraction of sp³-hybridized carbons (Fsp3) is 0.333. The van der Waals surface area contributed by atoms with Gasteiger partial charge >= 0.3 is 0 Å². The van der Waals surface area contributed by atoms with Crippen molar-refractivity contribution < 1.29 is 9.47 Å². The first-order valence-corrected chi connectivity index (χ1v) is 8.49. The molecule has 0 amide bonds. The minimum Gasteiger partial charge on any atom is -0.493 e. The van der Waals surface area contributed by atoms with Gasteiger partial charge in [-0.2, -0.15) is 0 Å². The van der Waals surface area contributed by atoms with Crippen LogP contribution in [0.4, 0.5) is 0 Å². The second kappa shape index (κ2) is 7.36. The molecule has 0 fully saturated rings. The molecule has 23 heavy (non-hydrogen) atoms. The highest BCUT2D eigenvalue weighted by molar-refractivity contribution is 5.75. The van der Waals surface area contributed by atoms with Crippen molar-refractivity contribution in [3.63, 3.8) is 0 Å². The summed E-state index contributed by atoms with van der Waals surface area (Å²) < 4.78 is 11.9. The predicted octanol–water partition coefficient (Wildman–Crippen LogP) is 5.14. The molecule has 0 unspecified atom stereocenters. The first-order valence-electron chi connectivity index (χ1n) is 8.49. The fourth-order valence-corrected chi connectivity index (χ4v) is 2.76. The van der Waals surface area contributed by atoms with Gasteiger partial charge in [-0.15, -0.1) is 0 Å². The van der Waals surface area contributed by atoms with Gasteiger partial charge in [0.15, 0.2) is 0 Å². The third kappa shape index (κ3) is 3.76. The minimum atomic E-state index is 0.675. The van der Waals surface area contributed by atoms with Gasteiger partial charge in [-0.1, -0.05) is 38.1 Å². The second-order valence-electron chi connectivity index (χ2n) is 5.84. The number of hydrogen-bond acceptors (Lipinski definition) is 2. The Morgan fingerprint density at radius 3 is 1.65 bits per heavy atom. The fourth-order valence-electron chi connectivity index (χ4n) is 2.76. The van der Waals surface area contributed by atoms with Gasteiger partial charge in [0.05, 0.1) is 13.2 Å². The highest BCUT2D eigenvalue weighted by Crippen LogP contribution is 2.27. The van der Waals surface area contributed by atoms with E-state index in [-0.39, 0.29) is 0 Å². The quantitative estimate of drug-likeness (QED) is 0.764. The second-order valence-corrected chi connectivity index (χ2v) is 5.84. The molecule has 2 heteroatoms. The predicted molar refractivity (Wildman–Crippen MR) is 96.2 cm³/mol. The van der Waals surface area contributed by atoms with Gasteiger partial charge in [-0.25, -0.2) is 0 Å². The summed E-state index contributed by atoms with van der Waals surface area (Å²) in [5.74, 6) is 1.90. The van der Waals surface area contributed by atoms with E-state index in [4.69, 9.17) is 9.47 Å². The molecule has 1 heterocycles. The summed E-state index contributed by atoms with van der Waals surface area (Å²) in [6, 6.07) is 12.9. The van der Waals surface area contributed by atoms with Crippen molar-refractivity contribution in [2.24, 2.45) is 0 Å². The maximum atomic E-state index is 5.93. The van der Waals surface area contributed by atoms with E-state index >= 15 is 0 Å². The lowest BCUT2D eigenvalue weighted by atomic mass is 10.0. The van der Waals surface area contributed by atoms with Gasteiger partial charge in [-0.3, -0.25) is 0 Å². The van der Waals surface area contributed by atoms with Gasteiger partial charge in [0, 0.05) is 17.5 Å². The molecule has 0 spiro atoms. The maximum Gasteiger partial charge on any atom is 0.126 e. The molecule has 0 aliphatic carbocycles. The van der Waals surface area contributed by atoms with E-state index < -0.39 is 0 Å². The molecule has 0 atom stereocenters. The Morgan fingerprint density at radius 1 is 0.739 bits per heavy atom. The maximum absolute atomic E-state index is 5.93. The topological polar surface area (TPSA) is 18.5 Å². The third-order valence-electron chi connectivity index (χ3n) is 4.21. The van der Waals surface area contributed by atoms with Crippen LogP contribution in [0.3, 0.4) is 0 Å². The average Bonchev–Trinajstić information content (AvgIpc) is 2.63. The van der Waals surface area contributed by atoms with Crippen molar-refractivity contribution in [2.75, 3.05) is 13.2 Å². The Morgan fingerprint density at radius 2 is 1.22 bits per heavy atom. The molecule has 0 saturated heterocycles. The van der Waals surface area contributed by atoms with Crippen LogP contribution in [-0.4, -0.2) is 13.2 Å². The lowest BCUT2D eigenvalue weighted by Crippen LogP contribution is -2.06. The van der Waals surface area contributed by atoms with E-state index in [0.717, 1.165) is 41.9 Å².